The minimum absolute atomic E-state index is 0.0221. The first kappa shape index (κ1) is 20.3. The highest BCUT2D eigenvalue weighted by Crippen LogP contribution is 2.31. The van der Waals surface area contributed by atoms with E-state index in [0.717, 1.165) is 40.5 Å². The number of nitrogens with one attached hydrogen (secondary N) is 1. The summed E-state index contributed by atoms with van der Waals surface area (Å²) in [6, 6.07) is 13.6. The fourth-order valence-electron chi connectivity index (χ4n) is 3.06. The molecule has 0 aliphatic heterocycles. The number of rotatable bonds is 8. The molecular weight excluding hydrogens is 370 g/mol. The zero-order chi connectivity index (χ0) is 20.1. The molecule has 0 spiro atoms. The number of aryl methyl sites for hydroxylation is 1. The van der Waals surface area contributed by atoms with Crippen LogP contribution < -0.4 is 14.5 Å². The third-order valence-electron chi connectivity index (χ3n) is 4.72. The van der Waals surface area contributed by atoms with Crippen LogP contribution in [0, 0.1) is 0 Å². The third kappa shape index (κ3) is 4.69. The minimum Gasteiger partial charge on any atom is -0.497 e. The number of benzene rings is 2. The van der Waals surface area contributed by atoms with Gasteiger partial charge in [-0.2, -0.15) is 0 Å². The van der Waals surface area contributed by atoms with E-state index in [-0.39, 0.29) is 5.91 Å². The van der Waals surface area contributed by atoms with Gasteiger partial charge < -0.3 is 9.64 Å². The molecule has 1 amide bonds. The van der Waals surface area contributed by atoms with Gasteiger partial charge in [0.25, 0.3) is 5.91 Å². The maximum atomic E-state index is 13.3. The molecule has 1 N–H and O–H groups in total. The van der Waals surface area contributed by atoms with Gasteiger partial charge in [-0.25, -0.2) is 4.98 Å². The van der Waals surface area contributed by atoms with Crippen molar-refractivity contribution in [3.8, 4) is 5.75 Å². The average Bonchev–Trinajstić information content (AvgIpc) is 3.13. The molecule has 3 aromatic rings. The first-order valence-corrected chi connectivity index (χ1v) is 10.5. The number of nitrogens with zero attached hydrogens (tertiary/aromatic N) is 2. The van der Waals surface area contributed by atoms with Gasteiger partial charge in [0, 0.05) is 18.5 Å². The second kappa shape index (κ2) is 9.17. The lowest BCUT2D eigenvalue weighted by Gasteiger charge is -2.20. The van der Waals surface area contributed by atoms with Crippen molar-refractivity contribution in [2.45, 2.75) is 19.8 Å². The Morgan fingerprint density at radius 2 is 1.93 bits per heavy atom. The molecule has 0 aliphatic carbocycles. The zero-order valence-electron chi connectivity index (χ0n) is 17.0. The smallest absolute Gasteiger partial charge is 0.260 e. The van der Waals surface area contributed by atoms with E-state index in [0.29, 0.717) is 12.1 Å². The van der Waals surface area contributed by atoms with Crippen LogP contribution in [-0.2, 0) is 6.42 Å². The zero-order valence-corrected chi connectivity index (χ0v) is 17.8. The predicted molar refractivity (Wildman–Crippen MR) is 116 cm³/mol. The first-order chi connectivity index (χ1) is 13.5. The van der Waals surface area contributed by atoms with Crippen LogP contribution in [0.2, 0.25) is 0 Å². The van der Waals surface area contributed by atoms with E-state index in [2.05, 4.69) is 33.2 Å². The summed E-state index contributed by atoms with van der Waals surface area (Å²) in [7, 11) is 5.87. The van der Waals surface area contributed by atoms with Gasteiger partial charge in [0.2, 0.25) is 0 Å². The molecule has 0 atom stereocenters. The molecule has 0 radical (unpaired) electrons. The number of quaternary nitrogens is 1. The molecule has 3 rings (SSSR count). The lowest BCUT2D eigenvalue weighted by Crippen LogP contribution is -3.05. The van der Waals surface area contributed by atoms with Crippen LogP contribution in [0.1, 0.15) is 29.3 Å². The Labute approximate surface area is 170 Å². The maximum absolute atomic E-state index is 13.3. The normalized spacial score (nSPS) is 11.2. The summed E-state index contributed by atoms with van der Waals surface area (Å²) >= 11 is 1.59. The van der Waals surface area contributed by atoms with E-state index < -0.39 is 0 Å². The number of hydrogen-bond acceptors (Lipinski definition) is 4. The van der Waals surface area contributed by atoms with E-state index in [1.807, 2.05) is 35.2 Å². The Bertz CT molecular complexity index is 935. The van der Waals surface area contributed by atoms with Gasteiger partial charge in [-0.15, -0.1) is 0 Å². The molecule has 0 fully saturated rings. The average molecular weight is 399 g/mol. The van der Waals surface area contributed by atoms with Crippen LogP contribution in [0.15, 0.2) is 42.5 Å². The molecule has 148 valence electrons. The molecule has 0 bridgehead atoms. The second-order valence-corrected chi connectivity index (χ2v) is 8.16. The van der Waals surface area contributed by atoms with Crippen molar-refractivity contribution in [2.75, 3.05) is 39.2 Å². The summed E-state index contributed by atoms with van der Waals surface area (Å²) in [6.45, 7) is 3.79. The van der Waals surface area contributed by atoms with E-state index in [1.165, 1.54) is 10.5 Å². The molecule has 0 aliphatic rings. The molecule has 0 saturated carbocycles. The van der Waals surface area contributed by atoms with Crippen molar-refractivity contribution in [1.29, 1.82) is 0 Å². The fraction of sp³-hybridized carbons (Fsp3) is 0.364. The van der Waals surface area contributed by atoms with Crippen LogP contribution in [0.3, 0.4) is 0 Å². The first-order valence-electron chi connectivity index (χ1n) is 9.66. The van der Waals surface area contributed by atoms with Crippen LogP contribution in [0.4, 0.5) is 5.13 Å². The van der Waals surface area contributed by atoms with Gasteiger partial charge in [0.15, 0.2) is 5.13 Å². The fourth-order valence-corrected chi connectivity index (χ4v) is 4.11. The van der Waals surface area contributed by atoms with Gasteiger partial charge in [0.1, 0.15) is 5.75 Å². The van der Waals surface area contributed by atoms with Gasteiger partial charge in [-0.1, -0.05) is 24.3 Å². The molecule has 5 nitrogen and oxygen atoms in total. The van der Waals surface area contributed by atoms with Gasteiger partial charge >= 0.3 is 0 Å². The standard InChI is InChI=1S/C22H27N3O2S/c1-5-16-7-12-19-20(15-16)28-22(23-19)25(14-6-13-24(2)3)21(26)17-8-10-18(27-4)11-9-17/h7-12,15H,5-6,13-14H2,1-4H3/p+1. The van der Waals surface area contributed by atoms with Gasteiger partial charge in [0.05, 0.1) is 38.0 Å². The molecule has 1 heterocycles. The lowest BCUT2D eigenvalue weighted by atomic mass is 10.2. The maximum Gasteiger partial charge on any atom is 0.260 e. The van der Waals surface area contributed by atoms with Crippen molar-refractivity contribution in [1.82, 2.24) is 4.98 Å². The van der Waals surface area contributed by atoms with E-state index in [4.69, 9.17) is 9.72 Å². The van der Waals surface area contributed by atoms with E-state index >= 15 is 0 Å². The minimum atomic E-state index is -0.0221. The van der Waals surface area contributed by atoms with Crippen molar-refractivity contribution >= 4 is 32.6 Å². The number of fused-ring (bicyclic) bond motifs is 1. The Kier molecular flexibility index (Phi) is 6.65. The van der Waals surface area contributed by atoms with Gasteiger partial charge in [-0.3, -0.25) is 9.69 Å². The number of hydrogen-bond donors (Lipinski definition) is 1. The Morgan fingerprint density at radius 1 is 1.18 bits per heavy atom. The number of aromatic nitrogens is 1. The number of ether oxygens (including phenoxy) is 1. The summed E-state index contributed by atoms with van der Waals surface area (Å²) in [5, 5.41) is 0.762. The topological polar surface area (TPSA) is 46.9 Å². The van der Waals surface area contributed by atoms with E-state index in [9.17, 15) is 4.79 Å². The highest BCUT2D eigenvalue weighted by molar-refractivity contribution is 7.22. The number of carbonyl (C=O) groups is 1. The van der Waals surface area contributed by atoms with Crippen molar-refractivity contribution < 1.29 is 14.4 Å². The Balaban J connectivity index is 1.92. The van der Waals surface area contributed by atoms with Gasteiger partial charge in [-0.05, 0) is 48.4 Å². The summed E-state index contributed by atoms with van der Waals surface area (Å²) < 4.78 is 6.33. The van der Waals surface area contributed by atoms with Crippen molar-refractivity contribution in [3.05, 3.63) is 53.6 Å². The number of anilines is 1. The summed E-state index contributed by atoms with van der Waals surface area (Å²) in [5.74, 6) is 0.720. The molecule has 28 heavy (non-hydrogen) atoms. The SMILES string of the molecule is CCc1ccc2nc(N(CCC[NH+](C)C)C(=O)c3ccc(OC)cc3)sc2c1. The lowest BCUT2D eigenvalue weighted by molar-refractivity contribution is -0.858. The molecule has 0 unspecified atom stereocenters. The number of methoxy groups -OCH3 is 1. The molecule has 1 aromatic heterocycles. The summed E-state index contributed by atoms with van der Waals surface area (Å²) in [6.07, 6.45) is 1.91. The Hall–Kier alpha value is -2.44. The third-order valence-corrected chi connectivity index (χ3v) is 5.76. The molecule has 6 heteroatoms. The predicted octanol–water partition coefficient (Wildman–Crippen LogP) is 3.05. The summed E-state index contributed by atoms with van der Waals surface area (Å²) in [5.41, 5.74) is 2.88. The van der Waals surface area contributed by atoms with Crippen LogP contribution in [0.25, 0.3) is 10.2 Å². The number of amides is 1. The monoisotopic (exact) mass is 398 g/mol. The van der Waals surface area contributed by atoms with Crippen LogP contribution in [0.5, 0.6) is 5.75 Å². The largest absolute Gasteiger partial charge is 0.497 e. The van der Waals surface area contributed by atoms with Crippen LogP contribution in [-0.4, -0.2) is 45.2 Å². The number of thiazole rings is 1. The quantitative estimate of drug-likeness (QED) is 0.634. The molecular formula is C22H28N3O2S+. The Morgan fingerprint density at radius 3 is 2.57 bits per heavy atom. The highest BCUT2D eigenvalue weighted by Gasteiger charge is 2.21. The molecule has 2 aromatic carbocycles. The van der Waals surface area contributed by atoms with Crippen molar-refractivity contribution in [3.63, 3.8) is 0 Å². The van der Waals surface area contributed by atoms with Crippen molar-refractivity contribution in [2.24, 2.45) is 0 Å². The molecule has 0 saturated heterocycles. The second-order valence-electron chi connectivity index (χ2n) is 7.15. The van der Waals surface area contributed by atoms with E-state index in [1.54, 1.807) is 18.4 Å². The highest BCUT2D eigenvalue weighted by atomic mass is 32.1. The number of carbonyl (C=O) groups excluding carboxylic acids is 1. The summed E-state index contributed by atoms with van der Waals surface area (Å²) in [4.78, 5) is 21.2. The van der Waals surface area contributed by atoms with Crippen LogP contribution >= 0.6 is 11.3 Å².